The third kappa shape index (κ3) is 2.15. The summed E-state index contributed by atoms with van der Waals surface area (Å²) in [5, 5.41) is 15.6. The topological polar surface area (TPSA) is 75.2 Å². The Morgan fingerprint density at radius 1 is 1.45 bits per heavy atom. The number of carboxylic acid groups (broad SMARTS) is 1. The molecule has 1 aliphatic rings. The van der Waals surface area contributed by atoms with Gasteiger partial charge in [-0.3, -0.25) is 5.10 Å². The molecule has 0 radical (unpaired) electrons. The Balaban J connectivity index is 2.08. The molecule has 3 rings (SSSR count). The number of ether oxygens (including phenoxy) is 1. The van der Waals surface area contributed by atoms with Gasteiger partial charge in [0.25, 0.3) is 0 Å². The van der Waals surface area contributed by atoms with Crippen molar-refractivity contribution >= 4 is 5.97 Å². The average molecular weight is 272 g/mol. The molecule has 1 aromatic heterocycles. The van der Waals surface area contributed by atoms with Crippen molar-refractivity contribution in [3.05, 3.63) is 35.5 Å². The number of para-hydroxylation sites is 1. The average Bonchev–Trinajstić information content (AvgIpc) is 2.86. The minimum Gasteiger partial charge on any atom is -0.487 e. The van der Waals surface area contributed by atoms with E-state index in [4.69, 9.17) is 9.84 Å². The normalized spacial score (nSPS) is 16.3. The number of aromatic amines is 1. The Labute approximate surface area is 116 Å². The lowest BCUT2D eigenvalue weighted by atomic mass is 9.92. The molecule has 0 aliphatic carbocycles. The van der Waals surface area contributed by atoms with Gasteiger partial charge in [0, 0.05) is 5.56 Å². The van der Waals surface area contributed by atoms with Crippen LogP contribution in [-0.4, -0.2) is 26.9 Å². The maximum absolute atomic E-state index is 10.9. The lowest BCUT2D eigenvalue weighted by Gasteiger charge is -2.33. The van der Waals surface area contributed by atoms with Gasteiger partial charge in [-0.1, -0.05) is 12.1 Å². The zero-order chi connectivity index (χ0) is 14.3. The third-order valence-corrected chi connectivity index (χ3v) is 3.56. The summed E-state index contributed by atoms with van der Waals surface area (Å²) in [7, 11) is 0. The summed E-state index contributed by atoms with van der Waals surface area (Å²) in [5.74, 6) is -0.206. The Kier molecular flexibility index (Phi) is 2.78. The highest BCUT2D eigenvalue weighted by Gasteiger charge is 2.29. The highest BCUT2D eigenvalue weighted by Crippen LogP contribution is 2.40. The molecule has 0 unspecified atom stereocenters. The van der Waals surface area contributed by atoms with E-state index in [-0.39, 0.29) is 11.3 Å². The van der Waals surface area contributed by atoms with E-state index in [9.17, 15) is 4.79 Å². The van der Waals surface area contributed by atoms with Crippen molar-refractivity contribution < 1.29 is 14.6 Å². The van der Waals surface area contributed by atoms with Crippen molar-refractivity contribution in [3.8, 4) is 17.0 Å². The fraction of sp³-hybridized carbons (Fsp3) is 0.333. The predicted molar refractivity (Wildman–Crippen MR) is 74.0 cm³/mol. The van der Waals surface area contributed by atoms with E-state index < -0.39 is 5.97 Å². The van der Waals surface area contributed by atoms with Gasteiger partial charge in [0.1, 0.15) is 17.0 Å². The zero-order valence-electron chi connectivity index (χ0n) is 11.4. The van der Waals surface area contributed by atoms with Crippen LogP contribution in [0.25, 0.3) is 11.3 Å². The lowest BCUT2D eigenvalue weighted by molar-refractivity contribution is 0.0690. The SMILES string of the molecule is CC1(C)CCc2cccc(-c3cc(C(=O)O)[nH]n3)c2O1. The number of aromatic nitrogens is 2. The van der Waals surface area contributed by atoms with Crippen molar-refractivity contribution in [1.82, 2.24) is 10.2 Å². The van der Waals surface area contributed by atoms with Gasteiger partial charge in [0.2, 0.25) is 0 Å². The third-order valence-electron chi connectivity index (χ3n) is 3.56. The smallest absolute Gasteiger partial charge is 0.353 e. The molecule has 0 fully saturated rings. The molecule has 0 spiro atoms. The van der Waals surface area contributed by atoms with Crippen LogP contribution >= 0.6 is 0 Å². The molecule has 0 saturated heterocycles. The Bertz CT molecular complexity index is 674. The van der Waals surface area contributed by atoms with Crippen LogP contribution in [0.15, 0.2) is 24.3 Å². The fourth-order valence-corrected chi connectivity index (χ4v) is 2.44. The maximum atomic E-state index is 10.9. The molecule has 5 heteroatoms. The summed E-state index contributed by atoms with van der Waals surface area (Å²) in [6.07, 6.45) is 1.91. The molecule has 1 aromatic carbocycles. The van der Waals surface area contributed by atoms with Crippen LogP contribution in [0.4, 0.5) is 0 Å². The number of aryl methyl sites for hydroxylation is 1. The van der Waals surface area contributed by atoms with Gasteiger partial charge in [0.15, 0.2) is 0 Å². The van der Waals surface area contributed by atoms with Crippen molar-refractivity contribution in [2.24, 2.45) is 0 Å². The van der Waals surface area contributed by atoms with Gasteiger partial charge < -0.3 is 9.84 Å². The van der Waals surface area contributed by atoms with Crippen molar-refractivity contribution in [2.75, 3.05) is 0 Å². The van der Waals surface area contributed by atoms with Crippen LogP contribution in [0.1, 0.15) is 36.3 Å². The molecule has 2 N–H and O–H groups in total. The van der Waals surface area contributed by atoms with Crippen molar-refractivity contribution in [1.29, 1.82) is 0 Å². The Hall–Kier alpha value is -2.30. The van der Waals surface area contributed by atoms with Crippen molar-refractivity contribution in [2.45, 2.75) is 32.3 Å². The number of aromatic carboxylic acids is 1. The van der Waals surface area contributed by atoms with Crippen LogP contribution in [0.5, 0.6) is 5.75 Å². The molecule has 0 amide bonds. The number of nitrogens with zero attached hydrogens (tertiary/aromatic N) is 1. The van der Waals surface area contributed by atoms with Gasteiger partial charge in [-0.15, -0.1) is 0 Å². The molecular weight excluding hydrogens is 256 g/mol. The first kappa shape index (κ1) is 12.7. The van der Waals surface area contributed by atoms with Gasteiger partial charge in [-0.25, -0.2) is 4.79 Å². The molecule has 2 aromatic rings. The highest BCUT2D eigenvalue weighted by molar-refractivity contribution is 5.87. The number of benzene rings is 1. The fourth-order valence-electron chi connectivity index (χ4n) is 2.44. The monoisotopic (exact) mass is 272 g/mol. The summed E-state index contributed by atoms with van der Waals surface area (Å²) in [4.78, 5) is 10.9. The second kappa shape index (κ2) is 4.37. The van der Waals surface area contributed by atoms with E-state index in [1.165, 1.54) is 6.07 Å². The van der Waals surface area contributed by atoms with Crippen molar-refractivity contribution in [3.63, 3.8) is 0 Å². The predicted octanol–water partition coefficient (Wildman–Crippen LogP) is 2.88. The van der Waals surface area contributed by atoms with Crippen LogP contribution < -0.4 is 4.74 Å². The summed E-state index contributed by atoms with van der Waals surface area (Å²) in [6.45, 7) is 4.11. The number of hydrogen-bond acceptors (Lipinski definition) is 3. The first-order chi connectivity index (χ1) is 9.46. The first-order valence-corrected chi connectivity index (χ1v) is 6.56. The molecule has 1 aliphatic heterocycles. The number of nitrogens with one attached hydrogen (secondary N) is 1. The van der Waals surface area contributed by atoms with E-state index in [2.05, 4.69) is 24.0 Å². The second-order valence-electron chi connectivity index (χ2n) is 5.63. The Morgan fingerprint density at radius 3 is 2.95 bits per heavy atom. The molecule has 5 nitrogen and oxygen atoms in total. The second-order valence-corrected chi connectivity index (χ2v) is 5.63. The molecule has 0 bridgehead atoms. The molecule has 2 heterocycles. The minimum absolute atomic E-state index is 0.0765. The highest BCUT2D eigenvalue weighted by atomic mass is 16.5. The number of carboxylic acids is 1. The number of rotatable bonds is 2. The zero-order valence-corrected chi connectivity index (χ0v) is 11.4. The van der Waals surface area contributed by atoms with E-state index in [1.807, 2.05) is 18.2 Å². The molecule has 0 saturated carbocycles. The van der Waals surface area contributed by atoms with Gasteiger partial charge in [-0.05, 0) is 44.4 Å². The van der Waals surface area contributed by atoms with E-state index in [0.29, 0.717) is 5.69 Å². The largest absolute Gasteiger partial charge is 0.487 e. The summed E-state index contributed by atoms with van der Waals surface area (Å²) < 4.78 is 6.07. The standard InChI is InChI=1S/C15H16N2O3/c1-15(2)7-6-9-4-3-5-10(13(9)20-15)11-8-12(14(18)19)17-16-11/h3-5,8H,6-7H2,1-2H3,(H,16,17)(H,18,19). The van der Waals surface area contributed by atoms with Gasteiger partial charge in [0.05, 0.1) is 5.69 Å². The first-order valence-electron chi connectivity index (χ1n) is 6.56. The molecule has 104 valence electrons. The summed E-state index contributed by atoms with van der Waals surface area (Å²) >= 11 is 0. The minimum atomic E-state index is -1.02. The maximum Gasteiger partial charge on any atom is 0.353 e. The molecule has 0 atom stereocenters. The van der Waals surface area contributed by atoms with E-state index in [1.54, 1.807) is 0 Å². The number of carbonyl (C=O) groups is 1. The summed E-state index contributed by atoms with van der Waals surface area (Å²) in [5.41, 5.74) is 2.43. The van der Waals surface area contributed by atoms with Crippen LogP contribution in [0.3, 0.4) is 0 Å². The lowest BCUT2D eigenvalue weighted by Crippen LogP contribution is -2.32. The van der Waals surface area contributed by atoms with E-state index >= 15 is 0 Å². The van der Waals surface area contributed by atoms with E-state index in [0.717, 1.165) is 29.7 Å². The Morgan fingerprint density at radius 2 is 2.25 bits per heavy atom. The van der Waals surface area contributed by atoms with Crippen LogP contribution in [0.2, 0.25) is 0 Å². The number of H-pyrrole nitrogens is 1. The van der Waals surface area contributed by atoms with Gasteiger partial charge in [-0.2, -0.15) is 5.10 Å². The number of fused-ring (bicyclic) bond motifs is 1. The molecule has 20 heavy (non-hydrogen) atoms. The van der Waals surface area contributed by atoms with Crippen LogP contribution in [0, 0.1) is 0 Å². The van der Waals surface area contributed by atoms with Gasteiger partial charge >= 0.3 is 5.97 Å². The summed E-state index contributed by atoms with van der Waals surface area (Å²) in [6, 6.07) is 7.43. The molecular formula is C15H16N2O3. The quantitative estimate of drug-likeness (QED) is 0.881. The van der Waals surface area contributed by atoms with Crippen LogP contribution in [-0.2, 0) is 6.42 Å². The number of hydrogen-bond donors (Lipinski definition) is 2.